The van der Waals surface area contributed by atoms with Crippen molar-refractivity contribution in [3.8, 4) is 0 Å². The first-order chi connectivity index (χ1) is 9.25. The van der Waals surface area contributed by atoms with Crippen molar-refractivity contribution in [2.75, 3.05) is 11.9 Å². The van der Waals surface area contributed by atoms with Crippen molar-refractivity contribution in [2.45, 2.75) is 26.1 Å². The van der Waals surface area contributed by atoms with E-state index in [2.05, 4.69) is 17.2 Å². The fraction of sp³-hybridized carbons (Fsp3) is 0.357. The number of carbonyl (C=O) groups excluding carboxylic acids is 1. The van der Waals surface area contributed by atoms with Crippen LogP contribution in [-0.2, 0) is 11.0 Å². The van der Waals surface area contributed by atoms with E-state index in [0.717, 1.165) is 6.07 Å². The molecular weight excluding hydrogens is 269 g/mol. The first kappa shape index (κ1) is 16.1. The van der Waals surface area contributed by atoms with Crippen LogP contribution in [0.2, 0.25) is 0 Å². The summed E-state index contributed by atoms with van der Waals surface area (Å²) in [6, 6.07) is 3.26. The first-order valence-electron chi connectivity index (χ1n) is 6.08. The van der Waals surface area contributed by atoms with Crippen molar-refractivity contribution in [3.63, 3.8) is 0 Å². The number of benzene rings is 1. The van der Waals surface area contributed by atoms with Gasteiger partial charge in [-0.15, -0.1) is 6.58 Å². The molecule has 0 aromatic heterocycles. The molecule has 0 aliphatic carbocycles. The molecular formula is C14H17F3N2O. The Morgan fingerprint density at radius 1 is 1.45 bits per heavy atom. The molecule has 1 amide bonds. The van der Waals surface area contributed by atoms with Gasteiger partial charge in [0, 0.05) is 12.2 Å². The molecule has 0 heterocycles. The summed E-state index contributed by atoms with van der Waals surface area (Å²) in [5.74, 6) is -0.306. The number of anilines is 1. The van der Waals surface area contributed by atoms with Gasteiger partial charge in [-0.1, -0.05) is 12.1 Å². The lowest BCUT2D eigenvalue weighted by atomic mass is 10.1. The number of alkyl halides is 3. The highest BCUT2D eigenvalue weighted by Gasteiger charge is 2.32. The lowest BCUT2D eigenvalue weighted by Crippen LogP contribution is -2.37. The van der Waals surface area contributed by atoms with E-state index in [1.165, 1.54) is 25.1 Å². The zero-order valence-electron chi connectivity index (χ0n) is 11.3. The molecule has 1 aromatic carbocycles. The molecule has 0 fully saturated rings. The summed E-state index contributed by atoms with van der Waals surface area (Å²) < 4.78 is 38.3. The average molecular weight is 286 g/mol. The predicted molar refractivity (Wildman–Crippen MR) is 72.5 cm³/mol. The van der Waals surface area contributed by atoms with Crippen LogP contribution in [0.4, 0.5) is 18.9 Å². The van der Waals surface area contributed by atoms with Crippen LogP contribution in [0.3, 0.4) is 0 Å². The normalized spacial score (nSPS) is 12.7. The summed E-state index contributed by atoms with van der Waals surface area (Å²) in [5.41, 5.74) is -0.308. The molecule has 1 atom stereocenters. The molecule has 2 N–H and O–H groups in total. The average Bonchev–Trinajstić information content (AvgIpc) is 2.36. The summed E-state index contributed by atoms with van der Waals surface area (Å²) in [5, 5.41) is 5.31. The van der Waals surface area contributed by atoms with Gasteiger partial charge in [0.05, 0.1) is 5.56 Å². The van der Waals surface area contributed by atoms with Gasteiger partial charge < -0.3 is 10.6 Å². The molecule has 6 heteroatoms. The molecule has 1 rings (SSSR count). The summed E-state index contributed by atoms with van der Waals surface area (Å²) >= 11 is 0. The number of carbonyl (C=O) groups is 1. The van der Waals surface area contributed by atoms with E-state index in [1.54, 1.807) is 6.92 Å². The van der Waals surface area contributed by atoms with Gasteiger partial charge in [-0.05, 0) is 31.5 Å². The van der Waals surface area contributed by atoms with Crippen LogP contribution in [0.5, 0.6) is 0 Å². The monoisotopic (exact) mass is 286 g/mol. The van der Waals surface area contributed by atoms with Crippen molar-refractivity contribution in [3.05, 3.63) is 42.0 Å². The number of halogens is 3. The molecule has 0 radical (unpaired) electrons. The molecule has 3 nitrogen and oxygen atoms in total. The van der Waals surface area contributed by atoms with Gasteiger partial charge in [0.2, 0.25) is 5.91 Å². The third kappa shape index (κ3) is 4.29. The summed E-state index contributed by atoms with van der Waals surface area (Å²) in [4.78, 5) is 11.6. The first-order valence-corrected chi connectivity index (χ1v) is 6.08. The van der Waals surface area contributed by atoms with E-state index in [0.29, 0.717) is 6.54 Å². The zero-order valence-corrected chi connectivity index (χ0v) is 11.3. The van der Waals surface area contributed by atoms with Crippen molar-refractivity contribution in [2.24, 2.45) is 0 Å². The van der Waals surface area contributed by atoms with Crippen LogP contribution in [0.25, 0.3) is 0 Å². The highest BCUT2D eigenvalue weighted by Crippen LogP contribution is 2.33. The van der Waals surface area contributed by atoms with Crippen LogP contribution in [0, 0.1) is 6.92 Å². The quantitative estimate of drug-likeness (QED) is 0.817. The van der Waals surface area contributed by atoms with E-state index >= 15 is 0 Å². The number of nitrogens with one attached hydrogen (secondary N) is 2. The number of amides is 1. The second-order valence-corrected chi connectivity index (χ2v) is 4.43. The highest BCUT2D eigenvalue weighted by atomic mass is 19.4. The molecule has 0 aliphatic rings. The number of hydrogen-bond donors (Lipinski definition) is 2. The lowest BCUT2D eigenvalue weighted by molar-refractivity contribution is -0.138. The topological polar surface area (TPSA) is 41.1 Å². The Hall–Kier alpha value is -1.98. The summed E-state index contributed by atoms with van der Waals surface area (Å²) in [6.07, 6.45) is -2.88. The fourth-order valence-electron chi connectivity index (χ4n) is 1.66. The maximum atomic E-state index is 12.8. The van der Waals surface area contributed by atoms with Crippen LogP contribution in [-0.4, -0.2) is 18.5 Å². The Bertz CT molecular complexity index is 498. The molecule has 1 unspecified atom stereocenters. The standard InChI is InChI=1S/C14H17F3N2O/c1-4-7-18-13(20)10(3)19-11-6-5-9(2)12(8-11)14(15,16)17/h4-6,8,10,19H,1,7H2,2-3H3,(H,18,20). The van der Waals surface area contributed by atoms with Gasteiger partial charge >= 0.3 is 6.18 Å². The Morgan fingerprint density at radius 2 is 2.10 bits per heavy atom. The van der Waals surface area contributed by atoms with Gasteiger partial charge in [0.25, 0.3) is 0 Å². The summed E-state index contributed by atoms with van der Waals surface area (Å²) in [6.45, 7) is 6.75. The van der Waals surface area contributed by atoms with E-state index in [4.69, 9.17) is 0 Å². The maximum Gasteiger partial charge on any atom is 0.416 e. The molecule has 0 spiro atoms. The van der Waals surface area contributed by atoms with Gasteiger partial charge in [-0.3, -0.25) is 4.79 Å². The largest absolute Gasteiger partial charge is 0.416 e. The second-order valence-electron chi connectivity index (χ2n) is 4.43. The zero-order chi connectivity index (χ0) is 15.3. The fourth-order valence-corrected chi connectivity index (χ4v) is 1.66. The molecule has 0 aliphatic heterocycles. The van der Waals surface area contributed by atoms with Gasteiger partial charge in [0.1, 0.15) is 6.04 Å². The Morgan fingerprint density at radius 3 is 2.65 bits per heavy atom. The van der Waals surface area contributed by atoms with E-state index in [-0.39, 0.29) is 17.2 Å². The SMILES string of the molecule is C=CCNC(=O)C(C)Nc1ccc(C)c(C(F)(F)F)c1. The van der Waals surface area contributed by atoms with Crippen LogP contribution >= 0.6 is 0 Å². The number of aryl methyl sites for hydroxylation is 1. The Labute approximate surface area is 115 Å². The molecule has 1 aromatic rings. The highest BCUT2D eigenvalue weighted by molar-refractivity contribution is 5.84. The molecule has 110 valence electrons. The smallest absolute Gasteiger partial charge is 0.374 e. The Kier molecular flexibility index (Phi) is 5.19. The van der Waals surface area contributed by atoms with Crippen molar-refractivity contribution < 1.29 is 18.0 Å². The van der Waals surface area contributed by atoms with Gasteiger partial charge in [-0.2, -0.15) is 13.2 Å². The van der Waals surface area contributed by atoms with Crippen LogP contribution < -0.4 is 10.6 Å². The summed E-state index contributed by atoms with van der Waals surface area (Å²) in [7, 11) is 0. The molecule has 20 heavy (non-hydrogen) atoms. The van der Waals surface area contributed by atoms with E-state index < -0.39 is 17.8 Å². The second kappa shape index (κ2) is 6.45. The molecule has 0 saturated carbocycles. The number of rotatable bonds is 5. The van der Waals surface area contributed by atoms with Crippen molar-refractivity contribution in [1.82, 2.24) is 5.32 Å². The minimum absolute atomic E-state index is 0.145. The number of hydrogen-bond acceptors (Lipinski definition) is 2. The minimum atomic E-state index is -4.41. The third-order valence-corrected chi connectivity index (χ3v) is 2.74. The van der Waals surface area contributed by atoms with Crippen molar-refractivity contribution in [1.29, 1.82) is 0 Å². The molecule has 0 bridgehead atoms. The van der Waals surface area contributed by atoms with E-state index in [1.807, 2.05) is 0 Å². The van der Waals surface area contributed by atoms with Crippen LogP contribution in [0.15, 0.2) is 30.9 Å². The molecule has 0 saturated heterocycles. The lowest BCUT2D eigenvalue weighted by Gasteiger charge is -2.17. The minimum Gasteiger partial charge on any atom is -0.374 e. The predicted octanol–water partition coefficient (Wildman–Crippen LogP) is 3.12. The Balaban J connectivity index is 2.83. The van der Waals surface area contributed by atoms with Crippen molar-refractivity contribution >= 4 is 11.6 Å². The van der Waals surface area contributed by atoms with Gasteiger partial charge in [-0.25, -0.2) is 0 Å². The maximum absolute atomic E-state index is 12.8. The van der Waals surface area contributed by atoms with Crippen LogP contribution in [0.1, 0.15) is 18.1 Å². The van der Waals surface area contributed by atoms with Gasteiger partial charge in [0.15, 0.2) is 0 Å². The van der Waals surface area contributed by atoms with E-state index in [9.17, 15) is 18.0 Å². The third-order valence-electron chi connectivity index (χ3n) is 2.74.